The highest BCUT2D eigenvalue weighted by Crippen LogP contribution is 2.42. The van der Waals surface area contributed by atoms with Gasteiger partial charge in [0, 0.05) is 5.92 Å². The number of hydrogen-bond acceptors (Lipinski definition) is 5. The summed E-state index contributed by atoms with van der Waals surface area (Å²) in [4.78, 5) is 11.0. The summed E-state index contributed by atoms with van der Waals surface area (Å²) < 4.78 is 17.0. The molecule has 4 atom stereocenters. The molecule has 0 aliphatic carbocycles. The minimum atomic E-state index is -1.54. The molecule has 0 aromatic carbocycles. The molecule has 6 nitrogen and oxygen atoms in total. The van der Waals surface area contributed by atoms with E-state index in [-0.39, 0.29) is 12.0 Å². The van der Waals surface area contributed by atoms with E-state index < -0.39 is 29.6 Å². The molecule has 0 aromatic rings. The smallest absolute Gasteiger partial charge is 0.335 e. The molecule has 2 aliphatic rings. The first-order chi connectivity index (χ1) is 8.61. The molecule has 110 valence electrons. The Hall–Kier alpha value is -0.690. The van der Waals surface area contributed by atoms with E-state index in [4.69, 9.17) is 19.3 Å². The Balaban J connectivity index is 2.15. The van der Waals surface area contributed by atoms with Crippen LogP contribution >= 0.6 is 0 Å². The first-order valence-electron chi connectivity index (χ1n) is 6.52. The van der Waals surface area contributed by atoms with E-state index in [0.29, 0.717) is 13.0 Å². The van der Waals surface area contributed by atoms with Crippen LogP contribution in [-0.4, -0.2) is 52.5 Å². The summed E-state index contributed by atoms with van der Waals surface area (Å²) in [6.45, 7) is 7.79. The first kappa shape index (κ1) is 14.7. The average molecular weight is 274 g/mol. The third-order valence-corrected chi connectivity index (χ3v) is 3.68. The number of aliphatic carboxylic acids is 1. The maximum atomic E-state index is 11.0. The minimum absolute atomic E-state index is 0.192. The highest BCUT2D eigenvalue weighted by molar-refractivity contribution is 5.72. The van der Waals surface area contributed by atoms with Gasteiger partial charge in [-0.15, -0.1) is 0 Å². The molecule has 0 bridgehead atoms. The molecule has 2 N–H and O–H groups in total. The van der Waals surface area contributed by atoms with E-state index >= 15 is 0 Å². The normalized spacial score (nSPS) is 38.3. The van der Waals surface area contributed by atoms with Gasteiger partial charge in [-0.25, -0.2) is 4.79 Å². The van der Waals surface area contributed by atoms with Gasteiger partial charge in [-0.05, 0) is 34.1 Å². The zero-order valence-corrected chi connectivity index (χ0v) is 11.8. The Labute approximate surface area is 112 Å². The fourth-order valence-electron chi connectivity index (χ4n) is 2.90. The molecular weight excluding hydrogens is 252 g/mol. The van der Waals surface area contributed by atoms with Crippen molar-refractivity contribution in [1.82, 2.24) is 0 Å². The van der Waals surface area contributed by atoms with Crippen molar-refractivity contribution in [3.05, 3.63) is 0 Å². The summed E-state index contributed by atoms with van der Waals surface area (Å²) >= 11 is 0. The van der Waals surface area contributed by atoms with Crippen LogP contribution in [0.5, 0.6) is 0 Å². The fourth-order valence-corrected chi connectivity index (χ4v) is 2.90. The molecule has 2 aliphatic heterocycles. The monoisotopic (exact) mass is 274 g/mol. The van der Waals surface area contributed by atoms with Crippen molar-refractivity contribution in [2.75, 3.05) is 6.61 Å². The maximum Gasteiger partial charge on any atom is 0.335 e. The average Bonchev–Trinajstić information content (AvgIpc) is 2.77. The van der Waals surface area contributed by atoms with Crippen LogP contribution in [0.3, 0.4) is 0 Å². The van der Waals surface area contributed by atoms with Crippen molar-refractivity contribution in [2.45, 2.75) is 63.8 Å². The van der Waals surface area contributed by atoms with Gasteiger partial charge in [0.15, 0.2) is 11.9 Å². The molecular formula is C13H22O6. The van der Waals surface area contributed by atoms with Crippen LogP contribution in [-0.2, 0) is 19.0 Å². The van der Waals surface area contributed by atoms with Crippen molar-refractivity contribution < 1.29 is 29.2 Å². The maximum absolute atomic E-state index is 11.0. The minimum Gasteiger partial charge on any atom is -0.479 e. The zero-order valence-electron chi connectivity index (χ0n) is 11.8. The van der Waals surface area contributed by atoms with E-state index in [1.165, 1.54) is 0 Å². The van der Waals surface area contributed by atoms with Gasteiger partial charge in [-0.1, -0.05) is 0 Å². The number of aliphatic hydroxyl groups is 1. The standard InChI is InChI=1S/C13H22O6/c1-12(2)5-7(8-6-17-13(3,4)18-8)10(19-12)9(14)11(15)16/h7-10,14H,5-6H2,1-4H3,(H,15,16)/t7-,8-,9-,10+/m1/s1. The van der Waals surface area contributed by atoms with Crippen LogP contribution in [0.2, 0.25) is 0 Å². The number of rotatable bonds is 3. The zero-order chi connectivity index (χ0) is 14.4. The topological polar surface area (TPSA) is 85.2 Å². The van der Waals surface area contributed by atoms with Gasteiger partial charge in [-0.2, -0.15) is 0 Å². The fraction of sp³-hybridized carbons (Fsp3) is 0.923. The number of aliphatic hydroxyl groups excluding tert-OH is 1. The molecule has 2 fully saturated rings. The largest absolute Gasteiger partial charge is 0.479 e. The predicted octanol–water partition coefficient (Wildman–Crippen LogP) is 0.767. The summed E-state index contributed by atoms with van der Waals surface area (Å²) in [6.07, 6.45) is -1.93. The summed E-state index contributed by atoms with van der Waals surface area (Å²) in [7, 11) is 0. The Morgan fingerprint density at radius 3 is 2.37 bits per heavy atom. The Morgan fingerprint density at radius 1 is 1.26 bits per heavy atom. The first-order valence-corrected chi connectivity index (χ1v) is 6.52. The molecule has 19 heavy (non-hydrogen) atoms. The number of carbonyl (C=O) groups is 1. The van der Waals surface area contributed by atoms with Crippen molar-refractivity contribution in [3.63, 3.8) is 0 Å². The van der Waals surface area contributed by atoms with Crippen LogP contribution in [0, 0.1) is 5.92 Å². The van der Waals surface area contributed by atoms with Crippen LogP contribution in [0.25, 0.3) is 0 Å². The van der Waals surface area contributed by atoms with Crippen LogP contribution in [0.15, 0.2) is 0 Å². The van der Waals surface area contributed by atoms with Crippen molar-refractivity contribution in [2.24, 2.45) is 5.92 Å². The second-order valence-electron chi connectivity index (χ2n) is 6.36. The predicted molar refractivity (Wildman–Crippen MR) is 65.6 cm³/mol. The molecule has 0 spiro atoms. The van der Waals surface area contributed by atoms with Gasteiger partial charge in [0.1, 0.15) is 6.10 Å². The molecule has 0 unspecified atom stereocenters. The van der Waals surface area contributed by atoms with Gasteiger partial charge >= 0.3 is 5.97 Å². The Kier molecular flexibility index (Phi) is 3.64. The summed E-state index contributed by atoms with van der Waals surface area (Å²) in [5, 5.41) is 18.8. The van der Waals surface area contributed by atoms with E-state index in [1.54, 1.807) is 0 Å². The van der Waals surface area contributed by atoms with Crippen molar-refractivity contribution >= 4 is 5.97 Å². The lowest BCUT2D eigenvalue weighted by Gasteiger charge is -2.26. The number of carboxylic acid groups (broad SMARTS) is 1. The lowest BCUT2D eigenvalue weighted by Crippen LogP contribution is -2.43. The van der Waals surface area contributed by atoms with E-state index in [2.05, 4.69) is 0 Å². The molecule has 0 amide bonds. The van der Waals surface area contributed by atoms with Crippen molar-refractivity contribution in [1.29, 1.82) is 0 Å². The molecule has 2 saturated heterocycles. The third-order valence-electron chi connectivity index (χ3n) is 3.68. The van der Waals surface area contributed by atoms with Gasteiger partial charge in [0.2, 0.25) is 0 Å². The van der Waals surface area contributed by atoms with Gasteiger partial charge in [0.25, 0.3) is 0 Å². The number of ether oxygens (including phenoxy) is 3. The molecule has 2 heterocycles. The van der Waals surface area contributed by atoms with E-state index in [9.17, 15) is 9.90 Å². The quantitative estimate of drug-likeness (QED) is 0.790. The van der Waals surface area contributed by atoms with Crippen LogP contribution < -0.4 is 0 Å². The second-order valence-corrected chi connectivity index (χ2v) is 6.36. The third kappa shape index (κ3) is 3.08. The van der Waals surface area contributed by atoms with Crippen molar-refractivity contribution in [3.8, 4) is 0 Å². The molecule has 2 rings (SSSR count). The molecule has 0 radical (unpaired) electrons. The lowest BCUT2D eigenvalue weighted by molar-refractivity contribution is -0.166. The van der Waals surface area contributed by atoms with Gasteiger partial charge in [0.05, 0.1) is 18.3 Å². The second kappa shape index (κ2) is 4.70. The summed E-state index contributed by atoms with van der Waals surface area (Å²) in [5.74, 6) is -2.13. The van der Waals surface area contributed by atoms with Gasteiger partial charge in [-0.3, -0.25) is 0 Å². The van der Waals surface area contributed by atoms with E-state index in [1.807, 2.05) is 27.7 Å². The lowest BCUT2D eigenvalue weighted by atomic mass is 9.87. The number of hydrogen-bond donors (Lipinski definition) is 2. The summed E-state index contributed by atoms with van der Waals surface area (Å²) in [6, 6.07) is 0. The van der Waals surface area contributed by atoms with Gasteiger partial charge < -0.3 is 24.4 Å². The Bertz CT molecular complexity index is 364. The Morgan fingerprint density at radius 2 is 1.89 bits per heavy atom. The van der Waals surface area contributed by atoms with E-state index in [0.717, 1.165) is 0 Å². The number of carboxylic acids is 1. The van der Waals surface area contributed by atoms with Crippen LogP contribution in [0.4, 0.5) is 0 Å². The molecule has 6 heteroatoms. The molecule has 0 saturated carbocycles. The highest BCUT2D eigenvalue weighted by Gasteiger charge is 2.52. The summed E-state index contributed by atoms with van der Waals surface area (Å²) in [5.41, 5.74) is -0.470. The van der Waals surface area contributed by atoms with Crippen LogP contribution in [0.1, 0.15) is 34.1 Å². The highest BCUT2D eigenvalue weighted by atomic mass is 16.7. The molecule has 0 aromatic heterocycles. The SMILES string of the molecule is CC1(C)C[C@H]([C@H]2COC(C)(C)O2)[C@@H]([C@@H](O)C(=O)O)O1.